The van der Waals surface area contributed by atoms with Crippen molar-refractivity contribution in [1.29, 1.82) is 5.26 Å². The van der Waals surface area contributed by atoms with Crippen LogP contribution in [0.5, 0.6) is 11.5 Å². The highest BCUT2D eigenvalue weighted by atomic mass is 16.7. The Labute approximate surface area is 217 Å². The first-order valence-electron chi connectivity index (χ1n) is 12.7. The minimum absolute atomic E-state index is 0.427. The van der Waals surface area contributed by atoms with Crippen molar-refractivity contribution in [2.24, 2.45) is 0 Å². The van der Waals surface area contributed by atoms with Crippen molar-refractivity contribution >= 4 is 12.6 Å². The molecule has 0 N–H and O–H groups in total. The van der Waals surface area contributed by atoms with Crippen LogP contribution in [0, 0.1) is 11.3 Å². The molecular formula is C32H26BNO3. The van der Waals surface area contributed by atoms with E-state index in [0.717, 1.165) is 44.8 Å². The molecule has 2 heterocycles. The molecule has 0 radical (unpaired) electrons. The molecule has 1 saturated heterocycles. The number of ether oxygens (including phenoxy) is 1. The maximum Gasteiger partial charge on any atom is 0.494 e. The van der Waals surface area contributed by atoms with Crippen molar-refractivity contribution in [3.63, 3.8) is 0 Å². The molecule has 1 aliphatic carbocycles. The van der Waals surface area contributed by atoms with E-state index in [-0.39, 0.29) is 0 Å². The van der Waals surface area contributed by atoms with Gasteiger partial charge in [-0.3, -0.25) is 0 Å². The Bertz CT molecular complexity index is 1630. The van der Waals surface area contributed by atoms with Crippen molar-refractivity contribution in [3.8, 4) is 28.7 Å². The molecule has 0 saturated carbocycles. The monoisotopic (exact) mass is 483 g/mol. The van der Waals surface area contributed by atoms with Crippen molar-refractivity contribution in [2.75, 3.05) is 0 Å². The van der Waals surface area contributed by atoms with Crippen molar-refractivity contribution in [3.05, 3.63) is 113 Å². The second-order valence-corrected chi connectivity index (χ2v) is 11.1. The molecule has 0 amide bonds. The van der Waals surface area contributed by atoms with Crippen LogP contribution in [-0.4, -0.2) is 18.3 Å². The molecule has 180 valence electrons. The third-order valence-corrected chi connectivity index (χ3v) is 8.62. The zero-order valence-corrected chi connectivity index (χ0v) is 21.3. The van der Waals surface area contributed by atoms with Crippen LogP contribution >= 0.6 is 0 Å². The molecule has 4 nitrogen and oxygen atoms in total. The summed E-state index contributed by atoms with van der Waals surface area (Å²) in [4.78, 5) is 0. The summed E-state index contributed by atoms with van der Waals surface area (Å²) in [5.74, 6) is 1.62. The van der Waals surface area contributed by atoms with Gasteiger partial charge in [0.1, 0.15) is 11.5 Å². The van der Waals surface area contributed by atoms with Crippen LogP contribution in [0.4, 0.5) is 0 Å². The van der Waals surface area contributed by atoms with E-state index in [9.17, 15) is 5.26 Å². The van der Waals surface area contributed by atoms with Crippen LogP contribution in [0.1, 0.15) is 55.5 Å². The lowest BCUT2D eigenvalue weighted by molar-refractivity contribution is 0.00578. The van der Waals surface area contributed by atoms with E-state index in [2.05, 4.69) is 94.4 Å². The van der Waals surface area contributed by atoms with Crippen molar-refractivity contribution in [2.45, 2.75) is 44.3 Å². The summed E-state index contributed by atoms with van der Waals surface area (Å²) in [5, 5.41) is 9.65. The lowest BCUT2D eigenvalue weighted by Crippen LogP contribution is -2.41. The van der Waals surface area contributed by atoms with E-state index in [1.54, 1.807) is 0 Å². The van der Waals surface area contributed by atoms with E-state index in [1.807, 2.05) is 24.3 Å². The zero-order valence-electron chi connectivity index (χ0n) is 21.3. The minimum atomic E-state index is -0.557. The Morgan fingerprint density at radius 3 is 2.03 bits per heavy atom. The lowest BCUT2D eigenvalue weighted by atomic mass is 9.65. The highest BCUT2D eigenvalue weighted by Crippen LogP contribution is 2.61. The molecule has 4 aromatic carbocycles. The van der Waals surface area contributed by atoms with Gasteiger partial charge in [-0.15, -0.1) is 0 Å². The van der Waals surface area contributed by atoms with E-state index in [1.165, 1.54) is 5.56 Å². The molecule has 1 unspecified atom stereocenters. The standard InChI is InChI=1S/C32H26BNO3/c1-30(2)31(3,4)37-33(36-30)21-14-16-27-29(18-21)35-28-12-8-7-11-26(28)32(27)24-10-6-5-9-22(24)23-17-20(19-34)13-15-25(23)32/h5-18H,1-4H3. The summed E-state index contributed by atoms with van der Waals surface area (Å²) in [6, 6.07) is 31.5. The van der Waals surface area contributed by atoms with Gasteiger partial charge in [0, 0.05) is 11.1 Å². The van der Waals surface area contributed by atoms with Crippen LogP contribution in [0.3, 0.4) is 0 Å². The largest absolute Gasteiger partial charge is 0.494 e. The predicted molar refractivity (Wildman–Crippen MR) is 144 cm³/mol. The van der Waals surface area contributed by atoms with Crippen molar-refractivity contribution < 1.29 is 14.0 Å². The molecule has 0 aromatic heterocycles. The van der Waals surface area contributed by atoms with Crippen LogP contribution in [0.2, 0.25) is 0 Å². The predicted octanol–water partition coefficient (Wildman–Crippen LogP) is 6.33. The number of hydrogen-bond donors (Lipinski definition) is 0. The van der Waals surface area contributed by atoms with Gasteiger partial charge >= 0.3 is 7.12 Å². The molecule has 37 heavy (non-hydrogen) atoms. The molecule has 7 rings (SSSR count). The fraction of sp³-hybridized carbons (Fsp3) is 0.219. The number of nitriles is 1. The van der Waals surface area contributed by atoms with Crippen LogP contribution in [0.25, 0.3) is 11.1 Å². The Hall–Kier alpha value is -3.85. The van der Waals surface area contributed by atoms with Gasteiger partial charge in [-0.1, -0.05) is 60.7 Å². The summed E-state index contributed by atoms with van der Waals surface area (Å²) in [7, 11) is -0.478. The fourth-order valence-electron chi connectivity index (χ4n) is 6.12. The normalized spacial score (nSPS) is 21.4. The number of para-hydroxylation sites is 1. The number of nitrogens with zero attached hydrogens (tertiary/aromatic N) is 1. The molecule has 1 spiro atoms. The number of fused-ring (bicyclic) bond motifs is 9. The van der Waals surface area contributed by atoms with Crippen LogP contribution in [-0.2, 0) is 14.7 Å². The number of rotatable bonds is 1. The average molecular weight is 483 g/mol. The third kappa shape index (κ3) is 2.86. The second kappa shape index (κ2) is 7.35. The number of benzene rings is 4. The highest BCUT2D eigenvalue weighted by Gasteiger charge is 2.54. The quantitative estimate of drug-likeness (QED) is 0.257. The van der Waals surface area contributed by atoms with E-state index >= 15 is 0 Å². The van der Waals surface area contributed by atoms with Gasteiger partial charge in [0.05, 0.1) is 28.2 Å². The van der Waals surface area contributed by atoms with Gasteiger partial charge in [-0.2, -0.15) is 5.26 Å². The fourth-order valence-corrected chi connectivity index (χ4v) is 6.12. The highest BCUT2D eigenvalue weighted by molar-refractivity contribution is 6.62. The molecule has 5 heteroatoms. The Morgan fingerprint density at radius 1 is 0.649 bits per heavy atom. The Kier molecular flexibility index (Phi) is 4.44. The second-order valence-electron chi connectivity index (χ2n) is 11.1. The van der Waals surface area contributed by atoms with Gasteiger partial charge < -0.3 is 14.0 Å². The van der Waals surface area contributed by atoms with E-state index in [4.69, 9.17) is 14.0 Å². The molecule has 4 aromatic rings. The van der Waals surface area contributed by atoms with Gasteiger partial charge in [0.2, 0.25) is 0 Å². The van der Waals surface area contributed by atoms with Gasteiger partial charge in [-0.05, 0) is 79.7 Å². The maximum absolute atomic E-state index is 9.65. The first kappa shape index (κ1) is 22.4. The summed E-state index contributed by atoms with van der Waals surface area (Å²) < 4.78 is 19.3. The number of hydrogen-bond acceptors (Lipinski definition) is 4. The molecular weight excluding hydrogens is 457 g/mol. The summed E-state index contributed by atoms with van der Waals surface area (Å²) in [6.07, 6.45) is 0. The minimum Gasteiger partial charge on any atom is -0.457 e. The topological polar surface area (TPSA) is 51.5 Å². The summed E-state index contributed by atoms with van der Waals surface area (Å²) in [5.41, 5.74) is 6.94. The first-order valence-corrected chi connectivity index (χ1v) is 12.7. The summed E-state index contributed by atoms with van der Waals surface area (Å²) >= 11 is 0. The molecule has 1 atom stereocenters. The smallest absolute Gasteiger partial charge is 0.457 e. The van der Waals surface area contributed by atoms with E-state index < -0.39 is 23.7 Å². The molecule has 3 aliphatic rings. The average Bonchev–Trinajstić information content (AvgIpc) is 3.30. The third-order valence-electron chi connectivity index (χ3n) is 8.62. The SMILES string of the molecule is CC1(C)OB(c2ccc3c(c2)Oc2ccccc2C32c3ccccc3-c3cc(C#N)ccc32)OC1(C)C. The van der Waals surface area contributed by atoms with E-state index in [0.29, 0.717) is 5.56 Å². The Morgan fingerprint density at radius 2 is 1.27 bits per heavy atom. The molecule has 0 bridgehead atoms. The van der Waals surface area contributed by atoms with Crippen LogP contribution in [0.15, 0.2) is 84.9 Å². The molecule has 1 fully saturated rings. The van der Waals surface area contributed by atoms with Gasteiger partial charge in [0.15, 0.2) is 0 Å². The first-order chi connectivity index (χ1) is 17.8. The lowest BCUT2D eigenvalue weighted by Gasteiger charge is -2.39. The van der Waals surface area contributed by atoms with Gasteiger partial charge in [0.25, 0.3) is 0 Å². The van der Waals surface area contributed by atoms with Crippen LogP contribution < -0.4 is 10.2 Å². The Balaban J connectivity index is 1.50. The van der Waals surface area contributed by atoms with Gasteiger partial charge in [-0.25, -0.2) is 0 Å². The summed E-state index contributed by atoms with van der Waals surface area (Å²) in [6.45, 7) is 8.26. The van der Waals surface area contributed by atoms with Crippen molar-refractivity contribution in [1.82, 2.24) is 0 Å². The maximum atomic E-state index is 9.65. The zero-order chi connectivity index (χ0) is 25.6. The molecule has 2 aliphatic heterocycles.